The zero-order chi connectivity index (χ0) is 20.9. The number of hydrogen-bond donors (Lipinski definition) is 1. The molecule has 0 spiro atoms. The highest BCUT2D eigenvalue weighted by Crippen LogP contribution is 2.31. The van der Waals surface area contributed by atoms with Gasteiger partial charge in [-0.2, -0.15) is 4.31 Å². The fraction of sp³-hybridized carbons (Fsp3) is 0.684. The van der Waals surface area contributed by atoms with Gasteiger partial charge >= 0.3 is 0 Å². The minimum atomic E-state index is -3.76. The summed E-state index contributed by atoms with van der Waals surface area (Å²) in [6.07, 6.45) is 1.81. The average Bonchev–Trinajstić information content (AvgIpc) is 2.60. The summed E-state index contributed by atoms with van der Waals surface area (Å²) in [6.45, 7) is 9.87. The van der Waals surface area contributed by atoms with Gasteiger partial charge in [-0.1, -0.05) is 13.8 Å². The van der Waals surface area contributed by atoms with Crippen molar-refractivity contribution in [2.75, 3.05) is 31.6 Å². The smallest absolute Gasteiger partial charge is 0.293 e. The molecule has 1 aromatic carbocycles. The Morgan fingerprint density at radius 3 is 2.50 bits per heavy atom. The highest BCUT2D eigenvalue weighted by molar-refractivity contribution is 7.89. The Hall–Kier alpha value is -1.71. The van der Waals surface area contributed by atoms with Gasteiger partial charge in [0.15, 0.2) is 0 Å². The molecule has 9 heteroatoms. The van der Waals surface area contributed by atoms with Gasteiger partial charge in [0.05, 0.1) is 15.9 Å². The molecule has 0 aromatic heterocycles. The van der Waals surface area contributed by atoms with Crippen LogP contribution < -0.4 is 5.32 Å². The minimum absolute atomic E-state index is 0.0332. The van der Waals surface area contributed by atoms with Gasteiger partial charge in [-0.25, -0.2) is 8.42 Å². The Kier molecular flexibility index (Phi) is 7.79. The Labute approximate surface area is 167 Å². The summed E-state index contributed by atoms with van der Waals surface area (Å²) in [4.78, 5) is 10.9. The van der Waals surface area contributed by atoms with Crippen LogP contribution in [0, 0.1) is 22.0 Å². The summed E-state index contributed by atoms with van der Waals surface area (Å²) in [5, 5.41) is 14.5. The molecule has 1 fully saturated rings. The van der Waals surface area contributed by atoms with E-state index in [9.17, 15) is 18.5 Å². The normalized spacial score (nSPS) is 21.0. The molecule has 0 radical (unpaired) electrons. The SMILES string of the molecule is CC(C)OCCCNc1ccc(S(=O)(=O)N2C[C@@H](C)C[C@H](C)C2)cc1[N+](=O)[O-]. The maximum absolute atomic E-state index is 13.0. The summed E-state index contributed by atoms with van der Waals surface area (Å²) in [6, 6.07) is 4.08. The number of nitro benzene ring substituents is 1. The van der Waals surface area contributed by atoms with Crippen LogP contribution in [0.1, 0.15) is 40.5 Å². The van der Waals surface area contributed by atoms with Crippen molar-refractivity contribution in [1.29, 1.82) is 0 Å². The minimum Gasteiger partial charge on any atom is -0.379 e. The van der Waals surface area contributed by atoms with Gasteiger partial charge in [0.2, 0.25) is 10.0 Å². The van der Waals surface area contributed by atoms with Crippen LogP contribution >= 0.6 is 0 Å². The van der Waals surface area contributed by atoms with Crippen LogP contribution in [0.4, 0.5) is 11.4 Å². The number of nitro groups is 1. The first kappa shape index (κ1) is 22.6. The number of rotatable bonds is 9. The van der Waals surface area contributed by atoms with E-state index in [0.717, 1.165) is 12.5 Å². The number of ether oxygens (including phenoxy) is 1. The first-order chi connectivity index (χ1) is 13.1. The number of nitrogens with one attached hydrogen (secondary N) is 1. The first-order valence-corrected chi connectivity index (χ1v) is 11.2. The second kappa shape index (κ2) is 9.67. The average molecular weight is 414 g/mol. The molecule has 2 atom stereocenters. The monoisotopic (exact) mass is 413 g/mol. The second-order valence-electron chi connectivity index (χ2n) is 7.90. The maximum atomic E-state index is 13.0. The molecule has 2 rings (SSSR count). The second-order valence-corrected chi connectivity index (χ2v) is 9.84. The van der Waals surface area contributed by atoms with Crippen LogP contribution in [0.2, 0.25) is 0 Å². The molecule has 1 aromatic rings. The summed E-state index contributed by atoms with van der Waals surface area (Å²) in [5.74, 6) is 0.532. The molecule has 158 valence electrons. The van der Waals surface area contributed by atoms with Crippen LogP contribution in [-0.4, -0.2) is 50.0 Å². The van der Waals surface area contributed by atoms with Crippen LogP contribution in [-0.2, 0) is 14.8 Å². The van der Waals surface area contributed by atoms with Crippen molar-refractivity contribution < 1.29 is 18.1 Å². The van der Waals surface area contributed by atoms with Crippen LogP contribution in [0.15, 0.2) is 23.1 Å². The number of nitrogens with zero attached hydrogens (tertiary/aromatic N) is 2. The zero-order valence-corrected chi connectivity index (χ0v) is 17.9. The molecule has 1 heterocycles. The van der Waals surface area contributed by atoms with Gasteiger partial charge in [-0.15, -0.1) is 0 Å². The molecule has 0 aliphatic carbocycles. The van der Waals surface area contributed by atoms with E-state index in [1.807, 2.05) is 27.7 Å². The van der Waals surface area contributed by atoms with Crippen molar-refractivity contribution in [3.63, 3.8) is 0 Å². The quantitative estimate of drug-likeness (QED) is 0.378. The van der Waals surface area contributed by atoms with Gasteiger partial charge < -0.3 is 10.1 Å². The number of sulfonamides is 1. The van der Waals surface area contributed by atoms with Crippen LogP contribution in [0.5, 0.6) is 0 Å². The summed E-state index contributed by atoms with van der Waals surface area (Å²) < 4.78 is 32.9. The van der Waals surface area contributed by atoms with E-state index < -0.39 is 14.9 Å². The largest absolute Gasteiger partial charge is 0.379 e. The molecular formula is C19H31N3O5S. The third-order valence-corrected chi connectivity index (χ3v) is 6.55. The van der Waals surface area contributed by atoms with E-state index in [4.69, 9.17) is 4.74 Å². The van der Waals surface area contributed by atoms with Gasteiger partial charge in [0.1, 0.15) is 5.69 Å². The van der Waals surface area contributed by atoms with Crippen molar-refractivity contribution >= 4 is 21.4 Å². The highest BCUT2D eigenvalue weighted by Gasteiger charge is 2.33. The van der Waals surface area contributed by atoms with Gasteiger partial charge in [-0.3, -0.25) is 10.1 Å². The van der Waals surface area contributed by atoms with Crippen molar-refractivity contribution in [2.24, 2.45) is 11.8 Å². The summed E-state index contributed by atoms with van der Waals surface area (Å²) >= 11 is 0. The summed E-state index contributed by atoms with van der Waals surface area (Å²) in [7, 11) is -3.76. The molecule has 1 N–H and O–H groups in total. The Balaban J connectivity index is 2.16. The molecule has 0 unspecified atom stereocenters. The lowest BCUT2D eigenvalue weighted by Crippen LogP contribution is -2.42. The van der Waals surface area contributed by atoms with Crippen molar-refractivity contribution in [3.05, 3.63) is 28.3 Å². The maximum Gasteiger partial charge on any atom is 0.293 e. The predicted octanol–water partition coefficient (Wildman–Crippen LogP) is 3.49. The van der Waals surface area contributed by atoms with E-state index in [0.29, 0.717) is 38.3 Å². The molecule has 1 aliphatic rings. The van der Waals surface area contributed by atoms with Gasteiger partial charge in [-0.05, 0) is 50.7 Å². The van der Waals surface area contributed by atoms with Gasteiger partial charge in [0.25, 0.3) is 5.69 Å². The number of piperidine rings is 1. The fourth-order valence-corrected chi connectivity index (χ4v) is 5.24. The molecule has 8 nitrogen and oxygen atoms in total. The Bertz CT molecular complexity index is 772. The lowest BCUT2D eigenvalue weighted by atomic mass is 9.94. The Morgan fingerprint density at radius 2 is 1.93 bits per heavy atom. The highest BCUT2D eigenvalue weighted by atomic mass is 32.2. The van der Waals surface area contributed by atoms with Gasteiger partial charge in [0, 0.05) is 32.3 Å². The summed E-state index contributed by atoms with van der Waals surface area (Å²) in [5.41, 5.74) is 0.0813. The number of benzene rings is 1. The molecule has 0 bridgehead atoms. The molecule has 0 saturated carbocycles. The van der Waals surface area contributed by atoms with E-state index >= 15 is 0 Å². The lowest BCUT2D eigenvalue weighted by Gasteiger charge is -2.34. The molecule has 28 heavy (non-hydrogen) atoms. The predicted molar refractivity (Wildman–Crippen MR) is 109 cm³/mol. The fourth-order valence-electron chi connectivity index (χ4n) is 3.54. The van der Waals surface area contributed by atoms with Crippen molar-refractivity contribution in [1.82, 2.24) is 4.31 Å². The molecular weight excluding hydrogens is 382 g/mol. The third kappa shape index (κ3) is 5.89. The molecule has 1 aliphatic heterocycles. The van der Waals surface area contributed by atoms with Crippen molar-refractivity contribution in [2.45, 2.75) is 51.5 Å². The van der Waals surface area contributed by atoms with E-state index in [1.165, 1.54) is 16.4 Å². The molecule has 1 saturated heterocycles. The van der Waals surface area contributed by atoms with E-state index in [2.05, 4.69) is 5.32 Å². The first-order valence-electron chi connectivity index (χ1n) is 9.75. The van der Waals surface area contributed by atoms with Crippen LogP contribution in [0.25, 0.3) is 0 Å². The van der Waals surface area contributed by atoms with Crippen molar-refractivity contribution in [3.8, 4) is 0 Å². The number of anilines is 1. The standard InChI is InChI=1S/C19H31N3O5S/c1-14(2)27-9-5-8-20-18-7-6-17(11-19(18)22(23)24)28(25,26)21-12-15(3)10-16(4)13-21/h6-7,11,14-16,20H,5,8-10,12-13H2,1-4H3/t15-,16-/m0/s1. The number of hydrogen-bond acceptors (Lipinski definition) is 6. The zero-order valence-electron chi connectivity index (χ0n) is 17.1. The van der Waals surface area contributed by atoms with E-state index in [-0.39, 0.29) is 28.5 Å². The Morgan fingerprint density at radius 1 is 1.29 bits per heavy atom. The topological polar surface area (TPSA) is 102 Å². The lowest BCUT2D eigenvalue weighted by molar-refractivity contribution is -0.384. The van der Waals surface area contributed by atoms with Crippen LogP contribution in [0.3, 0.4) is 0 Å². The molecule has 0 amide bonds. The third-order valence-electron chi connectivity index (χ3n) is 4.73. The van der Waals surface area contributed by atoms with E-state index in [1.54, 1.807) is 0 Å².